The number of hydrogen-bond acceptors (Lipinski definition) is 1. The summed E-state index contributed by atoms with van der Waals surface area (Å²) in [4.78, 5) is 0. The zero-order valence-electron chi connectivity index (χ0n) is 13.5. The van der Waals surface area contributed by atoms with Crippen LogP contribution in [0.5, 0.6) is 0 Å². The van der Waals surface area contributed by atoms with Crippen molar-refractivity contribution in [3.05, 3.63) is 0 Å². The molecular weight excluding hydrogens is 248 g/mol. The molecule has 0 aliphatic heterocycles. The topological polar surface area (TPSA) is 0 Å². The van der Waals surface area contributed by atoms with E-state index in [4.69, 9.17) is 0 Å². The molecule has 1 heteroatoms. The summed E-state index contributed by atoms with van der Waals surface area (Å²) >= 11 is 2.36. The van der Waals surface area contributed by atoms with Gasteiger partial charge in [0.1, 0.15) is 0 Å². The smallest absolute Gasteiger partial charge is 0.00498 e. The van der Waals surface area contributed by atoms with E-state index >= 15 is 0 Å². The molecule has 0 aromatic heterocycles. The minimum absolute atomic E-state index is 0.972. The first-order chi connectivity index (χ1) is 9.36. The van der Waals surface area contributed by atoms with E-state index < -0.39 is 0 Å². The van der Waals surface area contributed by atoms with Crippen molar-refractivity contribution in [3.8, 4) is 0 Å². The van der Waals surface area contributed by atoms with Gasteiger partial charge < -0.3 is 0 Å². The van der Waals surface area contributed by atoms with Gasteiger partial charge in [0.25, 0.3) is 0 Å². The molecule has 1 saturated carbocycles. The van der Waals surface area contributed by atoms with Crippen LogP contribution in [-0.2, 0) is 0 Å². The van der Waals surface area contributed by atoms with E-state index in [1.165, 1.54) is 89.9 Å². The quantitative estimate of drug-likeness (QED) is 0.369. The van der Waals surface area contributed by atoms with E-state index in [0.717, 1.165) is 10.5 Å². The zero-order chi connectivity index (χ0) is 13.8. The molecular formula is C18H36S. The van der Waals surface area contributed by atoms with Crippen LogP contribution in [0.1, 0.15) is 104 Å². The van der Waals surface area contributed by atoms with Crippen LogP contribution in [0, 0.1) is 0 Å². The van der Waals surface area contributed by atoms with Gasteiger partial charge in [-0.25, -0.2) is 0 Å². The molecule has 0 radical (unpaired) electrons. The molecule has 0 nitrogen and oxygen atoms in total. The highest BCUT2D eigenvalue weighted by Gasteiger charge is 2.18. The third-order valence-corrected chi connectivity index (χ3v) is 6.14. The molecule has 19 heavy (non-hydrogen) atoms. The van der Waals surface area contributed by atoms with Gasteiger partial charge in [0.05, 0.1) is 0 Å². The second-order valence-electron chi connectivity index (χ2n) is 6.36. The largest absolute Gasteiger partial charge is 0.155 e. The zero-order valence-corrected chi connectivity index (χ0v) is 14.3. The Kier molecular flexibility index (Phi) is 11.1. The van der Waals surface area contributed by atoms with Crippen LogP contribution >= 0.6 is 11.8 Å². The monoisotopic (exact) mass is 284 g/mol. The summed E-state index contributed by atoms with van der Waals surface area (Å²) in [7, 11) is 0. The van der Waals surface area contributed by atoms with Crippen molar-refractivity contribution in [2.24, 2.45) is 0 Å². The second kappa shape index (κ2) is 12.1. The number of hydrogen-bond donors (Lipinski definition) is 0. The van der Waals surface area contributed by atoms with Crippen LogP contribution in [0.25, 0.3) is 0 Å². The van der Waals surface area contributed by atoms with Crippen LogP contribution in [0.2, 0.25) is 0 Å². The minimum atomic E-state index is 0.972. The maximum absolute atomic E-state index is 2.36. The molecule has 1 aliphatic carbocycles. The highest BCUT2D eigenvalue weighted by molar-refractivity contribution is 8.00. The van der Waals surface area contributed by atoms with E-state index in [1.54, 1.807) is 0 Å². The minimum Gasteiger partial charge on any atom is -0.155 e. The van der Waals surface area contributed by atoms with Crippen molar-refractivity contribution in [1.82, 2.24) is 0 Å². The molecule has 0 aromatic carbocycles. The first-order valence-electron chi connectivity index (χ1n) is 9.02. The Morgan fingerprint density at radius 2 is 1.47 bits per heavy atom. The van der Waals surface area contributed by atoms with Crippen molar-refractivity contribution in [3.63, 3.8) is 0 Å². The molecule has 1 fully saturated rings. The lowest BCUT2D eigenvalue weighted by atomic mass is 10.0. The Bertz CT molecular complexity index is 184. The van der Waals surface area contributed by atoms with Gasteiger partial charge in [0, 0.05) is 10.5 Å². The van der Waals surface area contributed by atoms with E-state index in [9.17, 15) is 0 Å². The number of rotatable bonds is 11. The summed E-state index contributed by atoms with van der Waals surface area (Å²) in [6.07, 6.45) is 20.5. The molecule has 1 aliphatic rings. The Hall–Kier alpha value is 0.350. The summed E-state index contributed by atoms with van der Waals surface area (Å²) in [5.41, 5.74) is 0. The third kappa shape index (κ3) is 9.00. The Morgan fingerprint density at radius 1 is 0.789 bits per heavy atom. The van der Waals surface area contributed by atoms with Gasteiger partial charge in [-0.1, -0.05) is 78.1 Å². The molecule has 0 bridgehead atoms. The first-order valence-corrected chi connectivity index (χ1v) is 9.96. The van der Waals surface area contributed by atoms with E-state index in [-0.39, 0.29) is 0 Å². The van der Waals surface area contributed by atoms with Crippen LogP contribution in [0.15, 0.2) is 0 Å². The van der Waals surface area contributed by atoms with E-state index in [0.29, 0.717) is 0 Å². The van der Waals surface area contributed by atoms with Crippen molar-refractivity contribution in [2.45, 2.75) is 114 Å². The van der Waals surface area contributed by atoms with E-state index in [1.807, 2.05) is 0 Å². The van der Waals surface area contributed by atoms with E-state index in [2.05, 4.69) is 25.6 Å². The summed E-state index contributed by atoms with van der Waals surface area (Å²) in [6, 6.07) is 0. The summed E-state index contributed by atoms with van der Waals surface area (Å²) in [5.74, 6) is 0. The highest BCUT2D eigenvalue weighted by Crippen LogP contribution is 2.34. The molecule has 0 aromatic rings. The molecule has 0 N–H and O–H groups in total. The van der Waals surface area contributed by atoms with Gasteiger partial charge in [0.15, 0.2) is 0 Å². The summed E-state index contributed by atoms with van der Waals surface area (Å²) in [5, 5.41) is 1.98. The van der Waals surface area contributed by atoms with Gasteiger partial charge in [-0.15, -0.1) is 0 Å². The Balaban J connectivity index is 2.09. The summed E-state index contributed by atoms with van der Waals surface area (Å²) < 4.78 is 0. The molecule has 0 spiro atoms. The van der Waals surface area contributed by atoms with Crippen molar-refractivity contribution in [1.29, 1.82) is 0 Å². The standard InChI is InChI=1S/C18H36S/c1-3-5-6-7-8-10-14-17(13-4-2)19-18-15-11-9-12-16-18/h17-18H,3-16H2,1-2H3. The maximum Gasteiger partial charge on any atom is 0.00498 e. The molecule has 1 unspecified atom stereocenters. The van der Waals surface area contributed by atoms with Crippen LogP contribution < -0.4 is 0 Å². The lowest BCUT2D eigenvalue weighted by Gasteiger charge is -2.26. The van der Waals surface area contributed by atoms with Crippen LogP contribution in [0.3, 0.4) is 0 Å². The molecule has 1 atom stereocenters. The molecule has 114 valence electrons. The molecule has 0 heterocycles. The second-order valence-corrected chi connectivity index (χ2v) is 7.97. The number of thioether (sulfide) groups is 1. The molecule has 1 rings (SSSR count). The predicted molar refractivity (Wildman–Crippen MR) is 91.2 cm³/mol. The maximum atomic E-state index is 2.36. The average Bonchev–Trinajstić information content (AvgIpc) is 2.44. The Morgan fingerprint density at radius 3 is 2.16 bits per heavy atom. The van der Waals surface area contributed by atoms with Gasteiger partial charge in [-0.05, 0) is 25.7 Å². The SMILES string of the molecule is CCCCCCCCC(CCC)SC1CCCCC1. The van der Waals surface area contributed by atoms with Gasteiger partial charge >= 0.3 is 0 Å². The normalized spacial score (nSPS) is 18.6. The number of unbranched alkanes of at least 4 members (excludes halogenated alkanes) is 5. The van der Waals surface area contributed by atoms with Gasteiger partial charge in [0.2, 0.25) is 0 Å². The average molecular weight is 285 g/mol. The highest BCUT2D eigenvalue weighted by atomic mass is 32.2. The van der Waals surface area contributed by atoms with Crippen molar-refractivity contribution in [2.75, 3.05) is 0 Å². The summed E-state index contributed by atoms with van der Waals surface area (Å²) in [6.45, 7) is 4.66. The molecule has 0 amide bonds. The van der Waals surface area contributed by atoms with Gasteiger partial charge in [-0.3, -0.25) is 0 Å². The van der Waals surface area contributed by atoms with Gasteiger partial charge in [-0.2, -0.15) is 11.8 Å². The Labute approximate surface area is 126 Å². The van der Waals surface area contributed by atoms with Crippen molar-refractivity contribution < 1.29 is 0 Å². The third-order valence-electron chi connectivity index (χ3n) is 4.43. The van der Waals surface area contributed by atoms with Crippen LogP contribution in [0.4, 0.5) is 0 Å². The lowest BCUT2D eigenvalue weighted by Crippen LogP contribution is -2.14. The fraction of sp³-hybridized carbons (Fsp3) is 1.00. The lowest BCUT2D eigenvalue weighted by molar-refractivity contribution is 0.510. The molecule has 0 saturated heterocycles. The fourth-order valence-corrected chi connectivity index (χ4v) is 5.05. The van der Waals surface area contributed by atoms with Crippen molar-refractivity contribution >= 4 is 11.8 Å². The predicted octanol–water partition coefficient (Wildman–Crippen LogP) is 6.97. The first kappa shape index (κ1) is 17.4. The van der Waals surface area contributed by atoms with Crippen LogP contribution in [-0.4, -0.2) is 10.5 Å². The fourth-order valence-electron chi connectivity index (χ4n) is 3.23.